The Labute approximate surface area is 355 Å². The van der Waals surface area contributed by atoms with Crippen LogP contribution in [0.1, 0.15) is 0 Å². The topological polar surface area (TPSA) is 55.1 Å². The highest BCUT2D eigenvalue weighted by molar-refractivity contribution is 7.26. The monoisotopic (exact) mass is 798 g/mol. The van der Waals surface area contributed by atoms with Gasteiger partial charge in [0.05, 0.1) is 5.69 Å². The maximum Gasteiger partial charge on any atom is 0.164 e. The Balaban J connectivity index is 1.07. The first-order chi connectivity index (χ1) is 30.2. The number of furan rings is 1. The molecule has 6 heteroatoms. The minimum atomic E-state index is 0.618. The van der Waals surface area contributed by atoms with Crippen molar-refractivity contribution in [3.05, 3.63) is 206 Å². The largest absolute Gasteiger partial charge is 0.456 e. The molecule has 3 aromatic heterocycles. The molecule has 9 aromatic carbocycles. The van der Waals surface area contributed by atoms with Gasteiger partial charge in [0.15, 0.2) is 17.5 Å². The van der Waals surface area contributed by atoms with Gasteiger partial charge in [-0.2, -0.15) is 0 Å². The SMILES string of the molecule is c1ccc(-c2ccc(-c3nc(-c4ccccc4)nc(-c4ccc5c(N(c6ccccc6)c6ccc7c(c6)oc6ccccc67)cc6c7ccccc7sc6c5c4)n3)cc2)cc1. The highest BCUT2D eigenvalue weighted by Gasteiger charge is 2.22. The summed E-state index contributed by atoms with van der Waals surface area (Å²) in [5.74, 6) is 1.87. The lowest BCUT2D eigenvalue weighted by molar-refractivity contribution is 0.669. The van der Waals surface area contributed by atoms with Crippen molar-refractivity contribution in [1.82, 2.24) is 15.0 Å². The van der Waals surface area contributed by atoms with Gasteiger partial charge in [0, 0.05) is 75.8 Å². The second-order valence-corrected chi connectivity index (χ2v) is 16.2. The van der Waals surface area contributed by atoms with Crippen molar-refractivity contribution in [2.75, 3.05) is 4.90 Å². The second-order valence-electron chi connectivity index (χ2n) is 15.2. The number of benzene rings is 9. The zero-order chi connectivity index (χ0) is 40.3. The molecule has 0 saturated carbocycles. The van der Waals surface area contributed by atoms with Gasteiger partial charge in [0.2, 0.25) is 0 Å². The Morgan fingerprint density at radius 3 is 1.62 bits per heavy atom. The van der Waals surface area contributed by atoms with Gasteiger partial charge < -0.3 is 9.32 Å². The lowest BCUT2D eigenvalue weighted by Crippen LogP contribution is -2.10. The van der Waals surface area contributed by atoms with Crippen LogP contribution in [0.2, 0.25) is 0 Å². The fourth-order valence-corrected chi connectivity index (χ4v) is 9.77. The first kappa shape index (κ1) is 35.1. The van der Waals surface area contributed by atoms with Crippen LogP contribution in [0.3, 0.4) is 0 Å². The first-order valence-corrected chi connectivity index (χ1v) is 21.2. The summed E-state index contributed by atoms with van der Waals surface area (Å²) in [5.41, 5.74) is 9.94. The van der Waals surface area contributed by atoms with E-state index in [4.69, 9.17) is 19.4 Å². The average molecular weight is 799 g/mol. The summed E-state index contributed by atoms with van der Waals surface area (Å²) in [6.45, 7) is 0. The highest BCUT2D eigenvalue weighted by atomic mass is 32.1. The van der Waals surface area contributed by atoms with Crippen LogP contribution >= 0.6 is 11.3 Å². The summed E-state index contributed by atoms with van der Waals surface area (Å²) in [4.78, 5) is 17.7. The number of fused-ring (bicyclic) bond motifs is 8. The summed E-state index contributed by atoms with van der Waals surface area (Å²) < 4.78 is 8.91. The summed E-state index contributed by atoms with van der Waals surface area (Å²) in [6.07, 6.45) is 0. The molecule has 12 rings (SSSR count). The Bertz CT molecular complexity index is 3580. The first-order valence-electron chi connectivity index (χ1n) is 20.3. The molecule has 0 amide bonds. The van der Waals surface area contributed by atoms with Gasteiger partial charge in [0.1, 0.15) is 11.2 Å². The van der Waals surface area contributed by atoms with E-state index < -0.39 is 0 Å². The molecule has 0 unspecified atom stereocenters. The quantitative estimate of drug-likeness (QED) is 0.161. The molecule has 61 heavy (non-hydrogen) atoms. The summed E-state index contributed by atoms with van der Waals surface area (Å²) in [6, 6.07) is 72.2. The van der Waals surface area contributed by atoms with Crippen LogP contribution in [-0.2, 0) is 0 Å². The normalized spacial score (nSPS) is 11.6. The number of hydrogen-bond acceptors (Lipinski definition) is 6. The Morgan fingerprint density at radius 1 is 0.344 bits per heavy atom. The molecule has 5 nitrogen and oxygen atoms in total. The van der Waals surface area contributed by atoms with Gasteiger partial charge in [0.25, 0.3) is 0 Å². The zero-order valence-electron chi connectivity index (χ0n) is 32.7. The van der Waals surface area contributed by atoms with Crippen LogP contribution < -0.4 is 4.90 Å². The van der Waals surface area contributed by atoms with E-state index in [1.807, 2.05) is 47.7 Å². The summed E-state index contributed by atoms with van der Waals surface area (Å²) in [7, 11) is 0. The molecular weight excluding hydrogens is 765 g/mol. The van der Waals surface area contributed by atoms with Crippen molar-refractivity contribution in [2.45, 2.75) is 0 Å². The van der Waals surface area contributed by atoms with Crippen LogP contribution in [0.5, 0.6) is 0 Å². The van der Waals surface area contributed by atoms with E-state index in [0.717, 1.165) is 72.0 Å². The smallest absolute Gasteiger partial charge is 0.164 e. The third-order valence-electron chi connectivity index (χ3n) is 11.5. The third kappa shape index (κ3) is 6.12. The summed E-state index contributed by atoms with van der Waals surface area (Å²) in [5, 5.41) is 6.88. The maximum atomic E-state index is 6.45. The van der Waals surface area contributed by atoms with Crippen molar-refractivity contribution in [3.63, 3.8) is 0 Å². The molecule has 0 atom stereocenters. The standard InChI is InChI=1S/C55H34N4OS/c1-4-14-35(15-5-1)36-24-26-38(27-25-36)54-56-53(37-16-6-2-7-17-37)57-55(58-54)39-28-30-42-46(32-39)52-47(45-21-11-13-23-51(45)61-52)34-48(42)59(40-18-8-3-9-19-40)41-29-31-44-43-20-10-12-22-49(43)60-50(44)33-41/h1-34H. The van der Waals surface area contributed by atoms with Crippen molar-refractivity contribution in [1.29, 1.82) is 0 Å². The van der Waals surface area contributed by atoms with Crippen LogP contribution in [0, 0.1) is 0 Å². The molecule has 0 N–H and O–H groups in total. The molecular formula is C55H34N4OS. The zero-order valence-corrected chi connectivity index (χ0v) is 33.6. The Morgan fingerprint density at radius 2 is 0.869 bits per heavy atom. The van der Waals surface area contributed by atoms with Crippen LogP contribution in [0.25, 0.3) is 98.2 Å². The van der Waals surface area contributed by atoms with E-state index in [-0.39, 0.29) is 0 Å². The minimum Gasteiger partial charge on any atom is -0.456 e. The van der Waals surface area contributed by atoms with E-state index >= 15 is 0 Å². The van der Waals surface area contributed by atoms with Gasteiger partial charge >= 0.3 is 0 Å². The fraction of sp³-hybridized carbons (Fsp3) is 0. The number of rotatable bonds is 7. The van der Waals surface area contributed by atoms with Gasteiger partial charge in [-0.25, -0.2) is 15.0 Å². The predicted molar refractivity (Wildman–Crippen MR) is 254 cm³/mol. The number of nitrogens with zero attached hydrogens (tertiary/aromatic N) is 4. The van der Waals surface area contributed by atoms with E-state index in [1.54, 1.807) is 0 Å². The maximum absolute atomic E-state index is 6.45. The van der Waals surface area contributed by atoms with Gasteiger partial charge in [-0.15, -0.1) is 11.3 Å². The lowest BCUT2D eigenvalue weighted by Gasteiger charge is -2.27. The number of para-hydroxylation sites is 2. The molecule has 0 aliphatic rings. The van der Waals surface area contributed by atoms with Crippen LogP contribution in [-0.4, -0.2) is 15.0 Å². The van der Waals surface area contributed by atoms with E-state index in [2.05, 4.69) is 175 Å². The van der Waals surface area contributed by atoms with Crippen LogP contribution in [0.4, 0.5) is 17.1 Å². The average Bonchev–Trinajstić information content (AvgIpc) is 3.91. The second kappa shape index (κ2) is 14.4. The van der Waals surface area contributed by atoms with Crippen molar-refractivity contribution < 1.29 is 4.42 Å². The van der Waals surface area contributed by atoms with Gasteiger partial charge in [-0.3, -0.25) is 0 Å². The molecule has 0 spiro atoms. The van der Waals surface area contributed by atoms with E-state index in [9.17, 15) is 0 Å². The lowest BCUT2D eigenvalue weighted by atomic mass is 9.99. The van der Waals surface area contributed by atoms with Crippen molar-refractivity contribution in [2.24, 2.45) is 0 Å². The number of thiophene rings is 1. The van der Waals surface area contributed by atoms with Crippen molar-refractivity contribution >= 4 is 81.3 Å². The van der Waals surface area contributed by atoms with E-state index in [0.29, 0.717) is 17.5 Å². The number of hydrogen-bond donors (Lipinski definition) is 0. The van der Waals surface area contributed by atoms with Gasteiger partial charge in [-0.05, 0) is 59.7 Å². The van der Waals surface area contributed by atoms with Crippen molar-refractivity contribution in [3.8, 4) is 45.3 Å². The Kier molecular flexibility index (Phi) is 8.28. The predicted octanol–water partition coefficient (Wildman–Crippen LogP) is 15.4. The van der Waals surface area contributed by atoms with E-state index in [1.165, 1.54) is 25.7 Å². The highest BCUT2D eigenvalue weighted by Crippen LogP contribution is 2.48. The molecule has 3 heterocycles. The molecule has 0 saturated heterocycles. The molecule has 12 aromatic rings. The van der Waals surface area contributed by atoms with Gasteiger partial charge in [-0.1, -0.05) is 152 Å². The molecule has 0 fully saturated rings. The molecule has 0 bridgehead atoms. The molecule has 0 radical (unpaired) electrons. The number of anilines is 3. The Hall–Kier alpha value is -7.93. The summed E-state index contributed by atoms with van der Waals surface area (Å²) >= 11 is 1.82. The third-order valence-corrected chi connectivity index (χ3v) is 12.7. The molecule has 286 valence electrons. The minimum absolute atomic E-state index is 0.618. The molecule has 0 aliphatic heterocycles. The fourth-order valence-electron chi connectivity index (χ4n) is 8.55. The molecule has 0 aliphatic carbocycles. The number of aromatic nitrogens is 3. The van der Waals surface area contributed by atoms with Crippen LogP contribution in [0.15, 0.2) is 211 Å².